The van der Waals surface area contributed by atoms with Gasteiger partial charge in [-0.3, -0.25) is 9.69 Å². The Bertz CT molecular complexity index is 1000. The number of benzene rings is 2. The van der Waals surface area contributed by atoms with Crippen molar-refractivity contribution in [3.8, 4) is 17.2 Å². The minimum Gasteiger partial charge on any atom is -0.497 e. The Morgan fingerprint density at radius 1 is 1.17 bits per heavy atom. The molecule has 0 radical (unpaired) electrons. The van der Waals surface area contributed by atoms with Crippen LogP contribution in [0, 0.1) is 0 Å². The van der Waals surface area contributed by atoms with Crippen LogP contribution in [-0.2, 0) is 9.59 Å². The summed E-state index contributed by atoms with van der Waals surface area (Å²) >= 11 is 6.58. The smallest absolute Gasteiger partial charge is 0.341 e. The number of thioether (sulfide) groups is 1. The van der Waals surface area contributed by atoms with Gasteiger partial charge in [0.1, 0.15) is 17.2 Å². The molecule has 3 rings (SSSR count). The van der Waals surface area contributed by atoms with Crippen molar-refractivity contribution in [2.45, 2.75) is 0 Å². The van der Waals surface area contributed by atoms with E-state index in [2.05, 4.69) is 0 Å². The summed E-state index contributed by atoms with van der Waals surface area (Å²) in [5, 5.41) is 8.73. The number of anilines is 1. The average Bonchev–Trinajstić information content (AvgIpc) is 2.99. The number of carbonyl (C=O) groups is 2. The van der Waals surface area contributed by atoms with Crippen LogP contribution in [0.5, 0.6) is 17.2 Å². The second-order valence-electron chi connectivity index (χ2n) is 5.81. The first-order valence-electron chi connectivity index (χ1n) is 8.37. The molecule has 0 spiro atoms. The van der Waals surface area contributed by atoms with Crippen molar-refractivity contribution in [3.63, 3.8) is 0 Å². The van der Waals surface area contributed by atoms with Gasteiger partial charge in [0.15, 0.2) is 10.9 Å². The van der Waals surface area contributed by atoms with Gasteiger partial charge in [-0.25, -0.2) is 4.79 Å². The molecule has 1 N–H and O–H groups in total. The minimum absolute atomic E-state index is 0.277. The van der Waals surface area contributed by atoms with Crippen molar-refractivity contribution >= 4 is 51.9 Å². The SMILES string of the molecule is COc1ccc(N2C(=O)/C(=C\c3cccc(OCC(=O)O)c3)SC2=S)c(OC)c1. The molecular formula is C20H17NO6S2. The number of aliphatic carboxylic acids is 1. The summed E-state index contributed by atoms with van der Waals surface area (Å²) in [6.45, 7) is -0.442. The van der Waals surface area contributed by atoms with E-state index in [0.717, 1.165) is 0 Å². The predicted octanol–water partition coefficient (Wildman–Crippen LogP) is 3.57. The summed E-state index contributed by atoms with van der Waals surface area (Å²) in [5.74, 6) is 0.120. The molecule has 9 heteroatoms. The zero-order valence-electron chi connectivity index (χ0n) is 15.6. The van der Waals surface area contributed by atoms with Gasteiger partial charge in [0, 0.05) is 6.07 Å². The van der Waals surface area contributed by atoms with Gasteiger partial charge in [0.25, 0.3) is 5.91 Å². The zero-order valence-corrected chi connectivity index (χ0v) is 17.2. The molecule has 2 aromatic carbocycles. The Labute approximate surface area is 176 Å². The second kappa shape index (κ2) is 8.97. The van der Waals surface area contributed by atoms with Gasteiger partial charge < -0.3 is 19.3 Å². The molecule has 0 aliphatic carbocycles. The number of carboxylic acid groups (broad SMARTS) is 1. The van der Waals surface area contributed by atoms with Gasteiger partial charge in [-0.2, -0.15) is 0 Å². The third-order valence-corrected chi connectivity index (χ3v) is 5.24. The number of ether oxygens (including phenoxy) is 3. The van der Waals surface area contributed by atoms with E-state index in [1.807, 2.05) is 0 Å². The highest BCUT2D eigenvalue weighted by atomic mass is 32.2. The van der Waals surface area contributed by atoms with Gasteiger partial charge in [-0.1, -0.05) is 36.1 Å². The van der Waals surface area contributed by atoms with Crippen LogP contribution in [-0.4, -0.2) is 42.1 Å². The van der Waals surface area contributed by atoms with E-state index in [1.165, 1.54) is 23.8 Å². The zero-order chi connectivity index (χ0) is 21.0. The predicted molar refractivity (Wildman–Crippen MR) is 115 cm³/mol. The summed E-state index contributed by atoms with van der Waals surface area (Å²) in [7, 11) is 3.06. The Morgan fingerprint density at radius 2 is 1.97 bits per heavy atom. The highest BCUT2D eigenvalue weighted by molar-refractivity contribution is 8.27. The first-order valence-corrected chi connectivity index (χ1v) is 9.60. The average molecular weight is 431 g/mol. The maximum Gasteiger partial charge on any atom is 0.341 e. The van der Waals surface area contributed by atoms with Crippen molar-refractivity contribution < 1.29 is 28.9 Å². The summed E-state index contributed by atoms with van der Waals surface area (Å²) in [6, 6.07) is 11.9. The molecule has 7 nitrogen and oxygen atoms in total. The van der Waals surface area contributed by atoms with Crippen molar-refractivity contribution in [1.82, 2.24) is 0 Å². The fourth-order valence-corrected chi connectivity index (χ4v) is 3.92. The first kappa shape index (κ1) is 20.7. The number of hydrogen-bond donors (Lipinski definition) is 1. The standard InChI is InChI=1S/C20H17NO6S2/c1-25-13-6-7-15(16(10-13)26-2)21-19(24)17(29-20(21)28)9-12-4-3-5-14(8-12)27-11-18(22)23/h3-10H,11H2,1-2H3,(H,22,23)/b17-9+. The van der Waals surface area contributed by atoms with E-state index in [0.29, 0.717) is 37.7 Å². The van der Waals surface area contributed by atoms with E-state index in [-0.39, 0.29) is 5.91 Å². The van der Waals surface area contributed by atoms with Crippen molar-refractivity contribution in [2.24, 2.45) is 0 Å². The molecule has 1 saturated heterocycles. The van der Waals surface area contributed by atoms with E-state index in [1.54, 1.807) is 55.7 Å². The minimum atomic E-state index is -1.07. The number of thiocarbonyl (C=S) groups is 1. The number of carboxylic acids is 1. The van der Waals surface area contributed by atoms with Gasteiger partial charge in [0.2, 0.25) is 0 Å². The summed E-state index contributed by atoms with van der Waals surface area (Å²) in [4.78, 5) is 25.5. The molecule has 29 heavy (non-hydrogen) atoms. The second-order valence-corrected chi connectivity index (χ2v) is 7.49. The number of carbonyl (C=O) groups excluding carboxylic acids is 1. The monoisotopic (exact) mass is 431 g/mol. The van der Waals surface area contributed by atoms with E-state index in [4.69, 9.17) is 31.5 Å². The summed E-state index contributed by atoms with van der Waals surface area (Å²) < 4.78 is 16.1. The van der Waals surface area contributed by atoms with Crippen LogP contribution in [0.4, 0.5) is 5.69 Å². The van der Waals surface area contributed by atoms with Gasteiger partial charge in [-0.05, 0) is 35.9 Å². The molecule has 1 heterocycles. The van der Waals surface area contributed by atoms with Crippen molar-refractivity contribution in [3.05, 3.63) is 52.9 Å². The molecule has 0 unspecified atom stereocenters. The molecule has 2 aromatic rings. The van der Waals surface area contributed by atoms with Crippen molar-refractivity contribution in [2.75, 3.05) is 25.7 Å². The van der Waals surface area contributed by atoms with Crippen molar-refractivity contribution in [1.29, 1.82) is 0 Å². The lowest BCUT2D eigenvalue weighted by atomic mass is 10.2. The largest absolute Gasteiger partial charge is 0.497 e. The number of nitrogens with zero attached hydrogens (tertiary/aromatic N) is 1. The third kappa shape index (κ3) is 4.69. The number of rotatable bonds is 7. The van der Waals surface area contributed by atoms with Gasteiger partial charge >= 0.3 is 5.97 Å². The molecule has 0 saturated carbocycles. The van der Waals surface area contributed by atoms with Crippen LogP contribution in [0.25, 0.3) is 6.08 Å². The first-order chi connectivity index (χ1) is 13.9. The molecule has 1 amide bonds. The lowest BCUT2D eigenvalue weighted by Gasteiger charge is -2.18. The number of hydrogen-bond acceptors (Lipinski definition) is 7. The highest BCUT2D eigenvalue weighted by Crippen LogP contribution is 2.41. The highest BCUT2D eigenvalue weighted by Gasteiger charge is 2.35. The van der Waals surface area contributed by atoms with Crippen LogP contribution < -0.4 is 19.1 Å². The fourth-order valence-electron chi connectivity index (χ4n) is 2.64. The molecule has 150 valence electrons. The van der Waals surface area contributed by atoms with E-state index in [9.17, 15) is 9.59 Å². The lowest BCUT2D eigenvalue weighted by molar-refractivity contribution is -0.139. The molecule has 1 aliphatic rings. The van der Waals surface area contributed by atoms with Crippen LogP contribution in [0.2, 0.25) is 0 Å². The van der Waals surface area contributed by atoms with Crippen LogP contribution in [0.3, 0.4) is 0 Å². The number of amides is 1. The molecule has 1 fully saturated rings. The van der Waals surface area contributed by atoms with Crippen LogP contribution in [0.1, 0.15) is 5.56 Å². The third-order valence-electron chi connectivity index (χ3n) is 3.94. The summed E-state index contributed by atoms with van der Waals surface area (Å²) in [6.07, 6.45) is 1.68. The van der Waals surface area contributed by atoms with Crippen LogP contribution in [0.15, 0.2) is 47.4 Å². The Kier molecular flexibility index (Phi) is 6.40. The Hall–Kier alpha value is -3.04. The quantitative estimate of drug-likeness (QED) is 0.526. The maximum atomic E-state index is 13.0. The topological polar surface area (TPSA) is 85.3 Å². The van der Waals surface area contributed by atoms with Gasteiger partial charge in [-0.15, -0.1) is 0 Å². The lowest BCUT2D eigenvalue weighted by Crippen LogP contribution is -2.27. The van der Waals surface area contributed by atoms with E-state index < -0.39 is 12.6 Å². The molecule has 1 aliphatic heterocycles. The maximum absolute atomic E-state index is 13.0. The number of methoxy groups -OCH3 is 2. The molecule has 0 atom stereocenters. The van der Waals surface area contributed by atoms with E-state index >= 15 is 0 Å². The Morgan fingerprint density at radius 3 is 2.66 bits per heavy atom. The normalized spacial score (nSPS) is 15.0. The molecule has 0 aromatic heterocycles. The van der Waals surface area contributed by atoms with Crippen LogP contribution >= 0.6 is 24.0 Å². The summed E-state index contributed by atoms with van der Waals surface area (Å²) in [5.41, 5.74) is 1.22. The van der Waals surface area contributed by atoms with Gasteiger partial charge in [0.05, 0.1) is 24.8 Å². The molecular weight excluding hydrogens is 414 g/mol. The molecule has 0 bridgehead atoms. The Balaban J connectivity index is 1.88. The fraction of sp³-hybridized carbons (Fsp3) is 0.150.